The highest BCUT2D eigenvalue weighted by molar-refractivity contribution is 5.61. The average Bonchev–Trinajstić information content (AvgIpc) is 2.25. The van der Waals surface area contributed by atoms with Crippen LogP contribution in [-0.2, 0) is 11.8 Å². The van der Waals surface area contributed by atoms with Crippen LogP contribution >= 0.6 is 0 Å². The molecule has 0 atom stereocenters. The summed E-state index contributed by atoms with van der Waals surface area (Å²) in [4.78, 5) is 0. The molecular formula is C19H28O. The lowest BCUT2D eigenvalue weighted by Gasteiger charge is -2.25. The van der Waals surface area contributed by atoms with Crippen molar-refractivity contribution in [3.05, 3.63) is 41.1 Å². The Hall–Kier alpha value is -1.46. The van der Waals surface area contributed by atoms with Gasteiger partial charge in [0, 0.05) is 5.56 Å². The Morgan fingerprint density at radius 1 is 1.15 bits per heavy atom. The van der Waals surface area contributed by atoms with Crippen molar-refractivity contribution in [3.8, 4) is 5.75 Å². The zero-order chi connectivity index (χ0) is 15.6. The summed E-state index contributed by atoms with van der Waals surface area (Å²) in [5.74, 6) is 0.948. The van der Waals surface area contributed by atoms with E-state index in [2.05, 4.69) is 66.0 Å². The van der Waals surface area contributed by atoms with Crippen molar-refractivity contribution >= 4 is 6.08 Å². The summed E-state index contributed by atoms with van der Waals surface area (Å²) in [5, 5.41) is 0. The first kappa shape index (κ1) is 16.6. The Bertz CT molecular complexity index is 518. The monoisotopic (exact) mass is 272 g/mol. The van der Waals surface area contributed by atoms with Crippen LogP contribution in [0.1, 0.15) is 58.2 Å². The number of hydrogen-bond donors (Lipinski definition) is 0. The maximum absolute atomic E-state index is 5.64. The highest BCUT2D eigenvalue weighted by Crippen LogP contribution is 2.35. The first-order valence-electron chi connectivity index (χ1n) is 7.16. The minimum Gasteiger partial charge on any atom is -0.496 e. The minimum absolute atomic E-state index is 0.114. The van der Waals surface area contributed by atoms with Crippen LogP contribution in [0.5, 0.6) is 5.75 Å². The fourth-order valence-corrected chi connectivity index (χ4v) is 2.32. The van der Waals surface area contributed by atoms with Gasteiger partial charge in [0.25, 0.3) is 0 Å². The maximum Gasteiger partial charge on any atom is 0.129 e. The number of benzene rings is 1. The van der Waals surface area contributed by atoms with Gasteiger partial charge in [-0.3, -0.25) is 0 Å². The normalized spacial score (nSPS) is 11.9. The van der Waals surface area contributed by atoms with E-state index in [9.17, 15) is 0 Å². The van der Waals surface area contributed by atoms with Gasteiger partial charge in [-0.15, -0.1) is 5.73 Å². The molecule has 20 heavy (non-hydrogen) atoms. The molecule has 1 aromatic rings. The van der Waals surface area contributed by atoms with Crippen LogP contribution in [0.25, 0.3) is 6.08 Å². The molecule has 1 nitrogen and oxygen atoms in total. The number of ether oxygens (including phenoxy) is 1. The summed E-state index contributed by atoms with van der Waals surface area (Å²) in [6, 6.07) is 4.47. The second kappa shape index (κ2) is 5.89. The van der Waals surface area contributed by atoms with Gasteiger partial charge in [0.1, 0.15) is 5.75 Å². The van der Waals surface area contributed by atoms with E-state index in [0.29, 0.717) is 0 Å². The van der Waals surface area contributed by atoms with Gasteiger partial charge in [-0.1, -0.05) is 54.2 Å². The van der Waals surface area contributed by atoms with Gasteiger partial charge in [0.2, 0.25) is 0 Å². The van der Waals surface area contributed by atoms with Crippen LogP contribution in [0, 0.1) is 5.41 Å². The maximum atomic E-state index is 5.64. The molecule has 0 aliphatic rings. The standard InChI is InChI=1S/C19H28O/c1-9-10-14-11-16(19(5,6)7)12-15(17(14)20-8)13-18(2,3)4/h10-12H,1,13H2,2-8H3. The Kier molecular flexibility index (Phi) is 4.89. The van der Waals surface area contributed by atoms with Gasteiger partial charge in [-0.2, -0.15) is 0 Å². The molecule has 0 aromatic heterocycles. The van der Waals surface area contributed by atoms with Crippen LogP contribution in [0.15, 0.2) is 24.4 Å². The highest BCUT2D eigenvalue weighted by Gasteiger charge is 2.21. The van der Waals surface area contributed by atoms with Crippen molar-refractivity contribution in [1.82, 2.24) is 0 Å². The smallest absolute Gasteiger partial charge is 0.129 e. The second-order valence-corrected chi connectivity index (χ2v) is 7.59. The third-order valence-corrected chi connectivity index (χ3v) is 3.24. The Morgan fingerprint density at radius 3 is 2.15 bits per heavy atom. The second-order valence-electron chi connectivity index (χ2n) is 7.59. The molecule has 0 spiro atoms. The van der Waals surface area contributed by atoms with Gasteiger partial charge >= 0.3 is 0 Å². The third-order valence-electron chi connectivity index (χ3n) is 3.24. The molecule has 0 N–H and O–H groups in total. The van der Waals surface area contributed by atoms with Gasteiger partial charge in [0.15, 0.2) is 0 Å². The molecule has 0 saturated carbocycles. The summed E-state index contributed by atoms with van der Waals surface area (Å²) in [6.07, 6.45) is 2.89. The number of rotatable bonds is 3. The van der Waals surface area contributed by atoms with Gasteiger partial charge in [-0.25, -0.2) is 0 Å². The van der Waals surface area contributed by atoms with Crippen molar-refractivity contribution in [2.24, 2.45) is 5.41 Å². The van der Waals surface area contributed by atoms with E-state index in [1.54, 1.807) is 7.11 Å². The highest BCUT2D eigenvalue weighted by atomic mass is 16.5. The number of hydrogen-bond acceptors (Lipinski definition) is 1. The number of methoxy groups -OCH3 is 1. The molecule has 0 radical (unpaired) electrons. The molecule has 110 valence electrons. The molecule has 0 bridgehead atoms. The predicted octanol–water partition coefficient (Wildman–Crippen LogP) is 5.38. The zero-order valence-corrected chi connectivity index (χ0v) is 14.1. The van der Waals surface area contributed by atoms with E-state index in [1.165, 1.54) is 11.1 Å². The van der Waals surface area contributed by atoms with Crippen LogP contribution in [0.3, 0.4) is 0 Å². The van der Waals surface area contributed by atoms with Crippen LogP contribution in [-0.4, -0.2) is 7.11 Å². The quantitative estimate of drug-likeness (QED) is 0.671. The van der Waals surface area contributed by atoms with Crippen molar-refractivity contribution < 1.29 is 4.74 Å². The SMILES string of the molecule is C=C=Cc1cc(C(C)(C)C)cc(CC(C)(C)C)c1OC. The summed E-state index contributed by atoms with van der Waals surface area (Å²) >= 11 is 0. The van der Waals surface area contributed by atoms with E-state index in [-0.39, 0.29) is 10.8 Å². The van der Waals surface area contributed by atoms with E-state index < -0.39 is 0 Å². The summed E-state index contributed by atoms with van der Waals surface area (Å²) in [6.45, 7) is 17.1. The van der Waals surface area contributed by atoms with E-state index in [0.717, 1.165) is 17.7 Å². The largest absolute Gasteiger partial charge is 0.496 e. The molecule has 0 aliphatic heterocycles. The molecule has 1 aromatic carbocycles. The predicted molar refractivity (Wildman–Crippen MR) is 88.5 cm³/mol. The van der Waals surface area contributed by atoms with Crippen LogP contribution in [0.4, 0.5) is 0 Å². The van der Waals surface area contributed by atoms with Crippen molar-refractivity contribution in [2.45, 2.75) is 53.4 Å². The Morgan fingerprint density at radius 2 is 1.75 bits per heavy atom. The lowest BCUT2D eigenvalue weighted by molar-refractivity contribution is 0.377. The molecular weight excluding hydrogens is 244 g/mol. The summed E-state index contributed by atoms with van der Waals surface area (Å²) in [5.41, 5.74) is 6.85. The molecule has 0 amide bonds. The van der Waals surface area contributed by atoms with E-state index >= 15 is 0 Å². The topological polar surface area (TPSA) is 9.23 Å². The van der Waals surface area contributed by atoms with Gasteiger partial charge in [0.05, 0.1) is 7.11 Å². The molecule has 1 heteroatoms. The summed E-state index contributed by atoms with van der Waals surface area (Å²) < 4.78 is 5.64. The van der Waals surface area contributed by atoms with Crippen molar-refractivity contribution in [2.75, 3.05) is 7.11 Å². The van der Waals surface area contributed by atoms with Gasteiger partial charge < -0.3 is 4.74 Å². The lowest BCUT2D eigenvalue weighted by atomic mass is 9.81. The average molecular weight is 272 g/mol. The first-order chi connectivity index (χ1) is 9.08. The van der Waals surface area contributed by atoms with Crippen molar-refractivity contribution in [3.63, 3.8) is 0 Å². The van der Waals surface area contributed by atoms with Crippen LogP contribution in [0.2, 0.25) is 0 Å². The summed E-state index contributed by atoms with van der Waals surface area (Å²) in [7, 11) is 1.73. The molecule has 0 aliphatic carbocycles. The molecule has 0 heterocycles. The Labute approximate surface area is 124 Å². The fraction of sp³-hybridized carbons (Fsp3) is 0.526. The Balaban J connectivity index is 3.53. The lowest BCUT2D eigenvalue weighted by Crippen LogP contribution is -2.15. The van der Waals surface area contributed by atoms with E-state index in [4.69, 9.17) is 4.74 Å². The minimum atomic E-state index is 0.114. The zero-order valence-electron chi connectivity index (χ0n) is 14.1. The molecule has 0 saturated heterocycles. The van der Waals surface area contributed by atoms with Crippen LogP contribution < -0.4 is 4.74 Å². The van der Waals surface area contributed by atoms with Crippen molar-refractivity contribution in [1.29, 1.82) is 0 Å². The van der Waals surface area contributed by atoms with Gasteiger partial charge in [-0.05, 0) is 40.5 Å². The molecule has 1 rings (SSSR count). The fourth-order valence-electron chi connectivity index (χ4n) is 2.32. The first-order valence-corrected chi connectivity index (χ1v) is 7.16. The third kappa shape index (κ3) is 4.28. The van der Waals surface area contributed by atoms with E-state index in [1.807, 2.05) is 6.08 Å². The molecule has 0 fully saturated rings. The molecule has 0 unspecified atom stereocenters.